The second kappa shape index (κ2) is 8.00. The molecule has 4 rings (SSSR count). The smallest absolute Gasteiger partial charge is 0.276 e. The van der Waals surface area contributed by atoms with Gasteiger partial charge < -0.3 is 29.0 Å². The Bertz CT molecular complexity index is 919. The molecule has 10 heteroatoms. The van der Waals surface area contributed by atoms with Crippen LogP contribution in [-0.2, 0) is 4.79 Å². The Morgan fingerprint density at radius 3 is 2.52 bits per heavy atom. The summed E-state index contributed by atoms with van der Waals surface area (Å²) in [5.74, 6) is 1.92. The van der Waals surface area contributed by atoms with Crippen molar-refractivity contribution in [2.45, 2.75) is 6.92 Å². The summed E-state index contributed by atoms with van der Waals surface area (Å²) in [6.07, 6.45) is 0. The van der Waals surface area contributed by atoms with Crippen molar-refractivity contribution in [3.8, 4) is 17.2 Å². The van der Waals surface area contributed by atoms with Crippen molar-refractivity contribution >= 4 is 17.5 Å². The zero-order valence-electron chi connectivity index (χ0n) is 16.3. The van der Waals surface area contributed by atoms with E-state index < -0.39 is 0 Å². The van der Waals surface area contributed by atoms with E-state index in [1.165, 1.54) is 7.11 Å². The molecule has 1 aromatic heterocycles. The molecule has 29 heavy (non-hydrogen) atoms. The summed E-state index contributed by atoms with van der Waals surface area (Å²) in [5, 5.41) is 6.63. The number of nitrogens with one attached hydrogen (secondary N) is 1. The van der Waals surface area contributed by atoms with Gasteiger partial charge in [-0.1, -0.05) is 5.16 Å². The maximum absolute atomic E-state index is 12.5. The molecule has 0 saturated carbocycles. The molecule has 2 aromatic rings. The van der Waals surface area contributed by atoms with Gasteiger partial charge in [-0.05, 0) is 6.92 Å². The fourth-order valence-corrected chi connectivity index (χ4v) is 3.32. The molecule has 10 nitrogen and oxygen atoms in total. The van der Waals surface area contributed by atoms with Gasteiger partial charge in [0.2, 0.25) is 12.7 Å². The van der Waals surface area contributed by atoms with E-state index in [0.717, 1.165) is 0 Å². The Balaban J connectivity index is 1.31. The number of ether oxygens (including phenoxy) is 3. The molecule has 154 valence electrons. The van der Waals surface area contributed by atoms with Crippen molar-refractivity contribution in [3.63, 3.8) is 0 Å². The van der Waals surface area contributed by atoms with E-state index in [1.807, 2.05) is 4.90 Å². The Labute approximate surface area is 167 Å². The normalized spacial score (nSPS) is 16.0. The van der Waals surface area contributed by atoms with Crippen LogP contribution in [0.4, 0.5) is 5.69 Å². The third kappa shape index (κ3) is 4.11. The van der Waals surface area contributed by atoms with Gasteiger partial charge in [0.15, 0.2) is 17.2 Å². The fourth-order valence-electron chi connectivity index (χ4n) is 3.32. The molecule has 1 aromatic carbocycles. The second-order valence-corrected chi connectivity index (χ2v) is 6.85. The molecule has 0 radical (unpaired) electrons. The monoisotopic (exact) mass is 402 g/mol. The highest BCUT2D eigenvalue weighted by atomic mass is 16.7. The van der Waals surface area contributed by atoms with E-state index in [0.29, 0.717) is 60.6 Å². The predicted molar refractivity (Wildman–Crippen MR) is 101 cm³/mol. The van der Waals surface area contributed by atoms with Crippen LogP contribution in [0.2, 0.25) is 0 Å². The highest BCUT2D eigenvalue weighted by Gasteiger charge is 2.26. The molecule has 3 heterocycles. The van der Waals surface area contributed by atoms with Gasteiger partial charge in [-0.3, -0.25) is 14.5 Å². The zero-order valence-corrected chi connectivity index (χ0v) is 16.3. The molecular weight excluding hydrogens is 380 g/mol. The number of piperazine rings is 1. The van der Waals surface area contributed by atoms with Crippen LogP contribution in [0.3, 0.4) is 0 Å². The zero-order chi connectivity index (χ0) is 20.4. The maximum Gasteiger partial charge on any atom is 0.276 e. The number of benzene rings is 1. The molecule has 1 saturated heterocycles. The summed E-state index contributed by atoms with van der Waals surface area (Å²) >= 11 is 0. The summed E-state index contributed by atoms with van der Waals surface area (Å²) in [4.78, 5) is 28.6. The first-order chi connectivity index (χ1) is 14.0. The highest BCUT2D eigenvalue weighted by molar-refractivity contribution is 5.94. The lowest BCUT2D eigenvalue weighted by molar-refractivity contribution is -0.117. The predicted octanol–water partition coefficient (Wildman–Crippen LogP) is 1.12. The Hall–Kier alpha value is -3.27. The number of hydrogen-bond acceptors (Lipinski definition) is 8. The number of anilines is 1. The average Bonchev–Trinajstić information content (AvgIpc) is 3.35. The van der Waals surface area contributed by atoms with E-state index in [4.69, 9.17) is 18.7 Å². The first-order valence-electron chi connectivity index (χ1n) is 9.26. The van der Waals surface area contributed by atoms with Gasteiger partial charge >= 0.3 is 0 Å². The van der Waals surface area contributed by atoms with Crippen molar-refractivity contribution in [2.75, 3.05) is 51.9 Å². The Kier molecular flexibility index (Phi) is 5.26. The largest absolute Gasteiger partial charge is 0.494 e. The molecular formula is C19H22N4O6. The number of aryl methyl sites for hydroxylation is 1. The quantitative estimate of drug-likeness (QED) is 0.793. The minimum Gasteiger partial charge on any atom is -0.494 e. The lowest BCUT2D eigenvalue weighted by Crippen LogP contribution is -2.50. The van der Waals surface area contributed by atoms with Crippen LogP contribution < -0.4 is 19.5 Å². The molecule has 1 fully saturated rings. The Morgan fingerprint density at radius 1 is 1.14 bits per heavy atom. The molecule has 2 amide bonds. The third-order valence-electron chi connectivity index (χ3n) is 4.84. The topological polar surface area (TPSA) is 106 Å². The number of aromatic nitrogens is 1. The van der Waals surface area contributed by atoms with Crippen molar-refractivity contribution in [1.29, 1.82) is 0 Å². The number of carbonyl (C=O) groups excluding carboxylic acids is 2. The van der Waals surface area contributed by atoms with Crippen LogP contribution in [0.5, 0.6) is 17.2 Å². The van der Waals surface area contributed by atoms with Gasteiger partial charge in [0.05, 0.1) is 19.3 Å². The minimum absolute atomic E-state index is 0.146. The first-order valence-corrected chi connectivity index (χ1v) is 9.26. The van der Waals surface area contributed by atoms with Gasteiger partial charge in [-0.15, -0.1) is 0 Å². The summed E-state index contributed by atoms with van der Waals surface area (Å²) in [6, 6.07) is 5.00. The van der Waals surface area contributed by atoms with Gasteiger partial charge in [0, 0.05) is 44.4 Å². The molecule has 0 atom stereocenters. The second-order valence-electron chi connectivity index (χ2n) is 6.85. The number of fused-ring (bicyclic) bond motifs is 1. The van der Waals surface area contributed by atoms with Crippen molar-refractivity contribution in [3.05, 3.63) is 29.7 Å². The molecule has 0 aliphatic carbocycles. The molecule has 0 bridgehead atoms. The lowest BCUT2D eigenvalue weighted by atomic mass is 10.2. The van der Waals surface area contributed by atoms with Crippen LogP contribution in [0.15, 0.2) is 22.7 Å². The van der Waals surface area contributed by atoms with Gasteiger partial charge in [0.1, 0.15) is 11.5 Å². The van der Waals surface area contributed by atoms with Crippen LogP contribution in [0.25, 0.3) is 0 Å². The van der Waals surface area contributed by atoms with E-state index in [1.54, 1.807) is 30.0 Å². The number of nitrogens with zero attached hydrogens (tertiary/aromatic N) is 3. The summed E-state index contributed by atoms with van der Waals surface area (Å²) in [7, 11) is 1.53. The van der Waals surface area contributed by atoms with E-state index >= 15 is 0 Å². The Morgan fingerprint density at radius 2 is 1.86 bits per heavy atom. The molecule has 0 spiro atoms. The summed E-state index contributed by atoms with van der Waals surface area (Å²) in [5.41, 5.74) is 0.834. The molecule has 0 unspecified atom stereocenters. The molecule has 2 aliphatic heterocycles. The van der Waals surface area contributed by atoms with Crippen LogP contribution in [-0.4, -0.2) is 73.4 Å². The SMILES string of the molecule is COc1cc2c(cc1NC(=O)CN1CCN(C(=O)c3cc(C)on3)CC1)OCO2. The van der Waals surface area contributed by atoms with Crippen LogP contribution in [0, 0.1) is 6.92 Å². The van der Waals surface area contributed by atoms with E-state index in [2.05, 4.69) is 10.5 Å². The number of hydrogen-bond donors (Lipinski definition) is 1. The van der Waals surface area contributed by atoms with Crippen molar-refractivity contribution in [2.24, 2.45) is 0 Å². The van der Waals surface area contributed by atoms with Crippen LogP contribution >= 0.6 is 0 Å². The summed E-state index contributed by atoms with van der Waals surface area (Å²) < 4.78 is 21.0. The highest BCUT2D eigenvalue weighted by Crippen LogP contribution is 2.40. The van der Waals surface area contributed by atoms with Crippen molar-refractivity contribution in [1.82, 2.24) is 15.0 Å². The standard InChI is InChI=1S/C19H22N4O6/c1-12-7-14(21-29-12)19(25)23-5-3-22(4-6-23)10-18(24)20-13-8-16-17(28-11-27-16)9-15(13)26-2/h7-9H,3-6,10-11H2,1-2H3,(H,20,24). The van der Waals surface area contributed by atoms with Gasteiger partial charge in [-0.25, -0.2) is 0 Å². The number of carbonyl (C=O) groups is 2. The first kappa shape index (κ1) is 19.1. The van der Waals surface area contributed by atoms with Gasteiger partial charge in [0.25, 0.3) is 5.91 Å². The van der Waals surface area contributed by atoms with Crippen LogP contribution in [0.1, 0.15) is 16.2 Å². The summed E-state index contributed by atoms with van der Waals surface area (Å²) in [6.45, 7) is 4.32. The fraction of sp³-hybridized carbons (Fsp3) is 0.421. The van der Waals surface area contributed by atoms with E-state index in [9.17, 15) is 9.59 Å². The minimum atomic E-state index is -0.172. The van der Waals surface area contributed by atoms with E-state index in [-0.39, 0.29) is 25.2 Å². The third-order valence-corrected chi connectivity index (χ3v) is 4.84. The van der Waals surface area contributed by atoms with Gasteiger partial charge in [-0.2, -0.15) is 0 Å². The molecule has 1 N–H and O–H groups in total. The lowest BCUT2D eigenvalue weighted by Gasteiger charge is -2.33. The number of rotatable bonds is 5. The number of amides is 2. The molecule has 2 aliphatic rings. The number of methoxy groups -OCH3 is 1. The van der Waals surface area contributed by atoms with Crippen molar-refractivity contribution < 1.29 is 28.3 Å². The average molecular weight is 402 g/mol. The maximum atomic E-state index is 12.5.